The lowest BCUT2D eigenvalue weighted by Gasteiger charge is -2.11. The van der Waals surface area contributed by atoms with Crippen molar-refractivity contribution in [3.63, 3.8) is 0 Å². The molecule has 2 aromatic rings. The molecule has 19 heavy (non-hydrogen) atoms. The molecule has 2 heterocycles. The number of aromatic nitrogens is 2. The third kappa shape index (κ3) is 2.85. The molecule has 2 aromatic heterocycles. The molecule has 1 unspecified atom stereocenters. The fourth-order valence-corrected chi connectivity index (χ4v) is 3.66. The molecular formula is C13H17BrN2O2S. The van der Waals surface area contributed by atoms with E-state index >= 15 is 0 Å². The lowest BCUT2D eigenvalue weighted by atomic mass is 10.1. The van der Waals surface area contributed by atoms with Crippen LogP contribution in [0.25, 0.3) is 0 Å². The van der Waals surface area contributed by atoms with Gasteiger partial charge in [0, 0.05) is 13.5 Å². The highest BCUT2D eigenvalue weighted by molar-refractivity contribution is 9.10. The smallest absolute Gasteiger partial charge is 0.135 e. The normalized spacial score (nSPS) is 12.7. The summed E-state index contributed by atoms with van der Waals surface area (Å²) in [6.07, 6.45) is 0.805. The Balaban J connectivity index is 2.24. The van der Waals surface area contributed by atoms with E-state index in [1.165, 1.54) is 11.3 Å². The lowest BCUT2D eigenvalue weighted by molar-refractivity contribution is 0.175. The number of aliphatic hydroxyl groups is 1. The molecule has 0 amide bonds. The fourth-order valence-electron chi connectivity index (χ4n) is 2.04. The predicted molar refractivity (Wildman–Crippen MR) is 79.8 cm³/mol. The van der Waals surface area contributed by atoms with Gasteiger partial charge < -0.3 is 9.84 Å². The standard InChI is InChI=1S/C13H17BrN2O2S/c1-4-8-12(14)9(16(2)15-8)7-10(17)13-11(18-3)5-6-19-13/h5-6,10,17H,4,7H2,1-3H3. The average molecular weight is 345 g/mol. The van der Waals surface area contributed by atoms with E-state index in [0.717, 1.165) is 32.9 Å². The minimum absolute atomic E-state index is 0.515. The summed E-state index contributed by atoms with van der Waals surface area (Å²) >= 11 is 5.07. The molecule has 6 heteroatoms. The maximum absolute atomic E-state index is 10.4. The first-order valence-corrected chi connectivity index (χ1v) is 7.75. The van der Waals surface area contributed by atoms with Crippen LogP contribution in [-0.2, 0) is 19.9 Å². The number of rotatable bonds is 5. The number of aryl methyl sites for hydroxylation is 2. The molecule has 0 fully saturated rings. The number of hydrogen-bond donors (Lipinski definition) is 1. The summed E-state index contributed by atoms with van der Waals surface area (Å²) in [6.45, 7) is 2.07. The Hall–Kier alpha value is -0.850. The van der Waals surface area contributed by atoms with Crippen molar-refractivity contribution in [2.24, 2.45) is 7.05 Å². The van der Waals surface area contributed by atoms with Crippen LogP contribution in [0.1, 0.15) is 29.3 Å². The SMILES string of the molecule is CCc1nn(C)c(CC(O)c2sccc2OC)c1Br. The maximum Gasteiger partial charge on any atom is 0.135 e. The Bertz CT molecular complexity index is 565. The van der Waals surface area contributed by atoms with E-state index in [1.54, 1.807) is 7.11 Å². The summed E-state index contributed by atoms with van der Waals surface area (Å²) < 4.78 is 8.07. The van der Waals surface area contributed by atoms with Crippen LogP contribution in [0.5, 0.6) is 5.75 Å². The largest absolute Gasteiger partial charge is 0.495 e. The maximum atomic E-state index is 10.4. The van der Waals surface area contributed by atoms with Crippen molar-refractivity contribution in [2.45, 2.75) is 25.9 Å². The van der Waals surface area contributed by atoms with Crippen LogP contribution in [0.2, 0.25) is 0 Å². The Morgan fingerprint density at radius 2 is 2.32 bits per heavy atom. The topological polar surface area (TPSA) is 47.3 Å². The molecule has 0 spiro atoms. The molecule has 4 nitrogen and oxygen atoms in total. The first-order valence-electron chi connectivity index (χ1n) is 6.08. The number of methoxy groups -OCH3 is 1. The highest BCUT2D eigenvalue weighted by atomic mass is 79.9. The second kappa shape index (κ2) is 6.07. The van der Waals surface area contributed by atoms with Gasteiger partial charge in [0.05, 0.1) is 34.0 Å². The van der Waals surface area contributed by atoms with Crippen molar-refractivity contribution in [3.8, 4) is 5.75 Å². The number of thiophene rings is 1. The van der Waals surface area contributed by atoms with E-state index < -0.39 is 6.10 Å². The molecule has 1 atom stereocenters. The van der Waals surface area contributed by atoms with E-state index in [2.05, 4.69) is 28.0 Å². The molecule has 1 N–H and O–H groups in total. The molecule has 0 saturated carbocycles. The number of nitrogens with zero attached hydrogens (tertiary/aromatic N) is 2. The van der Waals surface area contributed by atoms with Gasteiger partial charge in [-0.2, -0.15) is 5.10 Å². The Morgan fingerprint density at radius 3 is 2.89 bits per heavy atom. The van der Waals surface area contributed by atoms with Crippen LogP contribution in [0.4, 0.5) is 0 Å². The van der Waals surface area contributed by atoms with Gasteiger partial charge in [0.25, 0.3) is 0 Å². The van der Waals surface area contributed by atoms with Crippen LogP contribution in [-0.4, -0.2) is 22.0 Å². The van der Waals surface area contributed by atoms with Gasteiger partial charge in [0.2, 0.25) is 0 Å². The van der Waals surface area contributed by atoms with Crippen LogP contribution in [0.3, 0.4) is 0 Å². The summed E-state index contributed by atoms with van der Waals surface area (Å²) in [7, 11) is 3.52. The van der Waals surface area contributed by atoms with Crippen LogP contribution in [0.15, 0.2) is 15.9 Å². The third-order valence-corrected chi connectivity index (χ3v) is 4.98. The summed E-state index contributed by atoms with van der Waals surface area (Å²) in [5.74, 6) is 0.742. The number of ether oxygens (including phenoxy) is 1. The first kappa shape index (κ1) is 14.6. The van der Waals surface area contributed by atoms with Crippen LogP contribution in [0, 0.1) is 0 Å². The molecule has 0 aliphatic heterocycles. The van der Waals surface area contributed by atoms with Gasteiger partial charge in [0.1, 0.15) is 5.75 Å². The summed E-state index contributed by atoms with van der Waals surface area (Å²) in [5.41, 5.74) is 2.02. The molecule has 0 radical (unpaired) electrons. The second-order valence-corrected chi connectivity index (χ2v) is 6.00. The van der Waals surface area contributed by atoms with E-state index in [9.17, 15) is 5.11 Å². The van der Waals surface area contributed by atoms with E-state index in [-0.39, 0.29) is 0 Å². The van der Waals surface area contributed by atoms with Crippen LogP contribution >= 0.6 is 27.3 Å². The van der Waals surface area contributed by atoms with E-state index in [0.29, 0.717) is 6.42 Å². The van der Waals surface area contributed by atoms with Crippen molar-refractivity contribution >= 4 is 27.3 Å². The molecule has 0 aromatic carbocycles. The highest BCUT2D eigenvalue weighted by Gasteiger charge is 2.20. The summed E-state index contributed by atoms with van der Waals surface area (Å²) in [5, 5.41) is 16.7. The average Bonchev–Trinajstić information content (AvgIpc) is 2.97. The second-order valence-electron chi connectivity index (χ2n) is 4.26. The summed E-state index contributed by atoms with van der Waals surface area (Å²) in [4.78, 5) is 0.855. The molecular weight excluding hydrogens is 328 g/mol. The number of aliphatic hydroxyl groups excluding tert-OH is 1. The molecule has 0 aliphatic rings. The van der Waals surface area contributed by atoms with Crippen molar-refractivity contribution in [1.29, 1.82) is 0 Å². The van der Waals surface area contributed by atoms with Gasteiger partial charge in [-0.25, -0.2) is 0 Å². The van der Waals surface area contributed by atoms with Crippen molar-refractivity contribution < 1.29 is 9.84 Å². The zero-order valence-electron chi connectivity index (χ0n) is 11.2. The molecule has 2 rings (SSSR count). The Kier molecular flexibility index (Phi) is 4.65. The first-order chi connectivity index (χ1) is 9.08. The molecule has 0 aliphatic carbocycles. The predicted octanol–water partition coefficient (Wildman–Crippen LogP) is 3.09. The minimum atomic E-state index is -0.577. The van der Waals surface area contributed by atoms with Gasteiger partial charge in [-0.3, -0.25) is 4.68 Å². The van der Waals surface area contributed by atoms with Gasteiger partial charge in [-0.15, -0.1) is 11.3 Å². The monoisotopic (exact) mass is 344 g/mol. The summed E-state index contributed by atoms with van der Waals surface area (Å²) in [6, 6.07) is 1.87. The lowest BCUT2D eigenvalue weighted by Crippen LogP contribution is -2.06. The zero-order valence-corrected chi connectivity index (χ0v) is 13.6. The fraction of sp³-hybridized carbons (Fsp3) is 0.462. The van der Waals surface area contributed by atoms with Crippen molar-refractivity contribution in [1.82, 2.24) is 9.78 Å². The zero-order chi connectivity index (χ0) is 14.0. The van der Waals surface area contributed by atoms with E-state index in [1.807, 2.05) is 23.2 Å². The quantitative estimate of drug-likeness (QED) is 0.906. The number of hydrogen-bond acceptors (Lipinski definition) is 4. The molecule has 104 valence electrons. The van der Waals surface area contributed by atoms with Gasteiger partial charge in [-0.1, -0.05) is 6.92 Å². The van der Waals surface area contributed by atoms with Crippen molar-refractivity contribution in [2.75, 3.05) is 7.11 Å². The Labute approximate surface area is 125 Å². The van der Waals surface area contributed by atoms with Crippen LogP contribution < -0.4 is 4.74 Å². The molecule has 0 bridgehead atoms. The highest BCUT2D eigenvalue weighted by Crippen LogP contribution is 2.34. The Morgan fingerprint density at radius 1 is 1.58 bits per heavy atom. The van der Waals surface area contributed by atoms with Gasteiger partial charge in [-0.05, 0) is 33.8 Å². The van der Waals surface area contributed by atoms with Gasteiger partial charge >= 0.3 is 0 Å². The number of halogens is 1. The van der Waals surface area contributed by atoms with Gasteiger partial charge in [0.15, 0.2) is 0 Å². The third-order valence-electron chi connectivity index (χ3n) is 3.07. The minimum Gasteiger partial charge on any atom is -0.495 e. The van der Waals surface area contributed by atoms with E-state index in [4.69, 9.17) is 4.74 Å². The van der Waals surface area contributed by atoms with Crippen molar-refractivity contribution in [3.05, 3.63) is 32.2 Å². The molecule has 0 saturated heterocycles.